The summed E-state index contributed by atoms with van der Waals surface area (Å²) in [4.78, 5) is 49.4. The first-order valence-corrected chi connectivity index (χ1v) is 17.1. The maximum atomic E-state index is 15.1. The van der Waals surface area contributed by atoms with Crippen molar-refractivity contribution in [1.82, 2.24) is 4.90 Å². The number of aliphatic hydroxyl groups is 1. The SMILES string of the molecule is C=CCN(C(=O)[C@@H]1[C@@H]2CCC3(O2)C(C(=O)N(CC=C)c2c(C)cccc2Cl)N([C@H](CO)c2ccccc2)C(=O)[C@H]13)c1ccc(OCC)cc1. The van der Waals surface area contributed by atoms with Gasteiger partial charge >= 0.3 is 0 Å². The molecule has 3 amide bonds. The Balaban J connectivity index is 1.47. The van der Waals surface area contributed by atoms with Gasteiger partial charge in [-0.25, -0.2) is 0 Å². The predicted molar refractivity (Wildman–Crippen MR) is 190 cm³/mol. The number of aliphatic hydroxyl groups excluding tert-OH is 1. The van der Waals surface area contributed by atoms with Gasteiger partial charge in [-0.2, -0.15) is 0 Å². The Hall–Kier alpha value is -4.44. The van der Waals surface area contributed by atoms with Crippen molar-refractivity contribution < 1.29 is 29.0 Å². The molecule has 0 aromatic heterocycles. The minimum Gasteiger partial charge on any atom is -0.494 e. The monoisotopic (exact) mass is 683 g/mol. The normalized spacial score (nSPS) is 24.3. The summed E-state index contributed by atoms with van der Waals surface area (Å²) >= 11 is 6.72. The number of anilines is 2. The third kappa shape index (κ3) is 5.83. The first-order valence-electron chi connectivity index (χ1n) is 16.7. The van der Waals surface area contributed by atoms with Crippen LogP contribution in [0.25, 0.3) is 0 Å². The van der Waals surface area contributed by atoms with Crippen LogP contribution in [0.1, 0.15) is 36.9 Å². The number of likely N-dealkylation sites (tertiary alicyclic amines) is 1. The molecule has 2 bridgehead atoms. The second-order valence-corrected chi connectivity index (χ2v) is 13.1. The molecule has 3 aromatic rings. The van der Waals surface area contributed by atoms with Crippen LogP contribution in [0.5, 0.6) is 5.75 Å². The molecule has 3 aromatic carbocycles. The number of hydrogen-bond donors (Lipinski definition) is 1. The maximum Gasteiger partial charge on any atom is 0.253 e. The highest BCUT2D eigenvalue weighted by atomic mass is 35.5. The predicted octanol–water partition coefficient (Wildman–Crippen LogP) is 5.89. The van der Waals surface area contributed by atoms with Gasteiger partial charge in [0.25, 0.3) is 5.91 Å². The van der Waals surface area contributed by atoms with Crippen LogP contribution < -0.4 is 14.5 Å². The maximum absolute atomic E-state index is 15.1. The molecule has 6 rings (SSSR count). The minimum atomic E-state index is -1.31. The fraction of sp³-hybridized carbons (Fsp3) is 0.359. The average Bonchev–Trinajstić information content (AvgIpc) is 3.75. The van der Waals surface area contributed by atoms with E-state index in [2.05, 4.69) is 13.2 Å². The number of rotatable bonds is 13. The molecule has 3 fully saturated rings. The summed E-state index contributed by atoms with van der Waals surface area (Å²) in [6.45, 7) is 11.9. The summed E-state index contributed by atoms with van der Waals surface area (Å²) in [6, 6.07) is 19.7. The molecule has 1 N–H and O–H groups in total. The van der Waals surface area contributed by atoms with Crippen molar-refractivity contribution in [2.24, 2.45) is 11.8 Å². The quantitative estimate of drug-likeness (QED) is 0.226. The molecule has 3 heterocycles. The highest BCUT2D eigenvalue weighted by molar-refractivity contribution is 6.34. The number of halogens is 1. The lowest BCUT2D eigenvalue weighted by Gasteiger charge is -2.39. The van der Waals surface area contributed by atoms with Crippen molar-refractivity contribution in [2.75, 3.05) is 36.1 Å². The molecule has 3 aliphatic heterocycles. The Morgan fingerprint density at radius 3 is 2.37 bits per heavy atom. The van der Waals surface area contributed by atoms with Crippen LogP contribution in [0.3, 0.4) is 0 Å². The van der Waals surface area contributed by atoms with E-state index >= 15 is 4.79 Å². The van der Waals surface area contributed by atoms with Gasteiger partial charge in [0.2, 0.25) is 11.8 Å². The fourth-order valence-corrected chi connectivity index (χ4v) is 8.39. The molecule has 6 atom stereocenters. The number of nitrogens with zero attached hydrogens (tertiary/aromatic N) is 3. The Morgan fingerprint density at radius 2 is 1.73 bits per heavy atom. The summed E-state index contributed by atoms with van der Waals surface area (Å²) in [7, 11) is 0. The second kappa shape index (κ2) is 14.2. The molecule has 3 aliphatic rings. The van der Waals surface area contributed by atoms with Gasteiger partial charge in [-0.3, -0.25) is 14.4 Å². The van der Waals surface area contributed by atoms with E-state index in [0.29, 0.717) is 47.2 Å². The molecule has 9 nitrogen and oxygen atoms in total. The van der Waals surface area contributed by atoms with Crippen molar-refractivity contribution in [2.45, 2.75) is 50.5 Å². The summed E-state index contributed by atoms with van der Waals surface area (Å²) in [5.74, 6) is -2.24. The van der Waals surface area contributed by atoms with E-state index in [1.807, 2.05) is 68.4 Å². The lowest BCUT2D eigenvalue weighted by atomic mass is 9.70. The number of ether oxygens (including phenoxy) is 2. The fourth-order valence-electron chi connectivity index (χ4n) is 8.07. The van der Waals surface area contributed by atoms with Crippen molar-refractivity contribution in [3.8, 4) is 5.75 Å². The largest absolute Gasteiger partial charge is 0.494 e. The summed E-state index contributed by atoms with van der Waals surface area (Å²) in [6.07, 6.45) is 3.56. The van der Waals surface area contributed by atoms with E-state index in [0.717, 1.165) is 5.56 Å². The van der Waals surface area contributed by atoms with E-state index in [9.17, 15) is 14.7 Å². The van der Waals surface area contributed by atoms with Crippen LogP contribution in [-0.2, 0) is 19.1 Å². The van der Waals surface area contributed by atoms with E-state index in [4.69, 9.17) is 21.1 Å². The molecule has 0 radical (unpaired) electrons. The number of fused-ring (bicyclic) bond motifs is 1. The van der Waals surface area contributed by atoms with E-state index in [1.165, 1.54) is 4.90 Å². The van der Waals surface area contributed by atoms with Crippen LogP contribution >= 0.6 is 11.6 Å². The zero-order valence-electron chi connectivity index (χ0n) is 27.8. The Bertz CT molecular complexity index is 1710. The molecule has 1 spiro atoms. The number of aryl methyl sites for hydroxylation is 1. The first kappa shape index (κ1) is 34.4. The Kier molecular flexibility index (Phi) is 9.97. The van der Waals surface area contributed by atoms with E-state index in [1.54, 1.807) is 40.2 Å². The van der Waals surface area contributed by atoms with Gasteiger partial charge in [-0.15, -0.1) is 13.2 Å². The first-order chi connectivity index (χ1) is 23.7. The molecule has 3 saturated heterocycles. The highest BCUT2D eigenvalue weighted by Crippen LogP contribution is 2.60. The van der Waals surface area contributed by atoms with Crippen LogP contribution in [0.4, 0.5) is 11.4 Å². The lowest BCUT2D eigenvalue weighted by molar-refractivity contribution is -0.144. The molecule has 2 unspecified atom stereocenters. The average molecular weight is 684 g/mol. The van der Waals surface area contributed by atoms with Crippen LogP contribution in [0.15, 0.2) is 98.1 Å². The van der Waals surface area contributed by atoms with Crippen molar-refractivity contribution >= 4 is 40.7 Å². The molecular formula is C39H42ClN3O6. The molecule has 0 saturated carbocycles. The zero-order valence-corrected chi connectivity index (χ0v) is 28.6. The standard InChI is InChI=1S/C39H42ClN3O6/c1-5-22-41(27-16-18-28(19-17-27)48-7-3)36(45)32-31-20-21-39(49-31)33(32)37(46)43(30(24-44)26-13-9-8-10-14-26)35(39)38(47)42(23-6-2)34-25(4)12-11-15-29(34)40/h5-6,8-19,30-33,35,44H,1-2,7,20-24H2,3-4H3/t30-,31+,32-,33+,35?,39?/m1/s1. The number of carbonyl (C=O) groups excluding carboxylic acids is 3. The van der Waals surface area contributed by atoms with Gasteiger partial charge in [0, 0.05) is 18.8 Å². The topological polar surface area (TPSA) is 99.6 Å². The van der Waals surface area contributed by atoms with Crippen LogP contribution in [0.2, 0.25) is 5.02 Å². The number of amides is 3. The molecular weight excluding hydrogens is 642 g/mol. The van der Waals surface area contributed by atoms with Crippen LogP contribution in [0, 0.1) is 18.8 Å². The molecule has 256 valence electrons. The summed E-state index contributed by atoms with van der Waals surface area (Å²) < 4.78 is 12.4. The van der Waals surface area contributed by atoms with Crippen LogP contribution in [-0.4, -0.2) is 71.8 Å². The van der Waals surface area contributed by atoms with Crippen molar-refractivity contribution in [3.63, 3.8) is 0 Å². The smallest absolute Gasteiger partial charge is 0.253 e. The lowest BCUT2D eigenvalue weighted by Crippen LogP contribution is -2.57. The Labute approximate surface area is 292 Å². The van der Waals surface area contributed by atoms with E-state index in [-0.39, 0.29) is 19.0 Å². The van der Waals surface area contributed by atoms with Crippen molar-refractivity contribution in [3.05, 3.63) is 114 Å². The third-order valence-corrected chi connectivity index (χ3v) is 10.3. The molecule has 0 aliphatic carbocycles. The van der Waals surface area contributed by atoms with Gasteiger partial charge in [-0.1, -0.05) is 66.2 Å². The van der Waals surface area contributed by atoms with Gasteiger partial charge in [0.1, 0.15) is 17.4 Å². The number of carbonyl (C=O) groups is 3. The Morgan fingerprint density at radius 1 is 1.04 bits per heavy atom. The van der Waals surface area contributed by atoms with Gasteiger partial charge < -0.3 is 29.3 Å². The van der Waals surface area contributed by atoms with Gasteiger partial charge in [0.05, 0.1) is 47.9 Å². The zero-order chi connectivity index (χ0) is 34.9. The molecule has 49 heavy (non-hydrogen) atoms. The van der Waals surface area contributed by atoms with Gasteiger partial charge in [0.15, 0.2) is 0 Å². The summed E-state index contributed by atoms with van der Waals surface area (Å²) in [5.41, 5.74) is 1.26. The van der Waals surface area contributed by atoms with E-state index < -0.39 is 54.0 Å². The number of benzene rings is 3. The highest BCUT2D eigenvalue weighted by Gasteiger charge is 2.75. The summed E-state index contributed by atoms with van der Waals surface area (Å²) in [5, 5.41) is 11.3. The third-order valence-electron chi connectivity index (χ3n) is 10.0. The second-order valence-electron chi connectivity index (χ2n) is 12.7. The number of para-hydroxylation sites is 1. The number of hydrogen-bond acceptors (Lipinski definition) is 6. The van der Waals surface area contributed by atoms with Crippen molar-refractivity contribution in [1.29, 1.82) is 0 Å². The van der Waals surface area contributed by atoms with Gasteiger partial charge in [-0.05, 0) is 68.1 Å². The minimum absolute atomic E-state index is 0.119. The molecule has 10 heteroatoms.